The molecule has 1 fully saturated rings. The van der Waals surface area contributed by atoms with E-state index in [0.717, 1.165) is 18.4 Å². The Kier molecular flexibility index (Phi) is 2.63. The molecule has 0 aromatic carbocycles. The van der Waals surface area contributed by atoms with Gasteiger partial charge in [0.05, 0.1) is 10.4 Å². The van der Waals surface area contributed by atoms with Gasteiger partial charge >= 0.3 is 0 Å². The lowest BCUT2D eigenvalue weighted by Gasteiger charge is -2.13. The number of nitrogens with two attached hydrogens (primary N) is 1. The zero-order valence-corrected chi connectivity index (χ0v) is 9.80. The summed E-state index contributed by atoms with van der Waals surface area (Å²) in [5.74, 6) is 0.442. The first kappa shape index (κ1) is 11.0. The molecule has 84 valence electrons. The minimum Gasteiger partial charge on any atom is -0.392 e. The van der Waals surface area contributed by atoms with Gasteiger partial charge in [0.15, 0.2) is 0 Å². The molecule has 1 aliphatic carbocycles. The van der Waals surface area contributed by atoms with Crippen molar-refractivity contribution in [2.75, 3.05) is 5.32 Å². The van der Waals surface area contributed by atoms with E-state index >= 15 is 0 Å². The van der Waals surface area contributed by atoms with Crippen LogP contribution in [0.5, 0.6) is 0 Å². The lowest BCUT2D eigenvalue weighted by atomic mass is 10.1. The number of hydrogen-bond acceptors (Lipinski definition) is 3. The Morgan fingerprint density at radius 1 is 1.62 bits per heavy atom. The van der Waals surface area contributed by atoms with Gasteiger partial charge in [0.1, 0.15) is 5.82 Å². The van der Waals surface area contributed by atoms with E-state index in [-0.39, 0.29) is 10.9 Å². The van der Waals surface area contributed by atoms with Crippen LogP contribution in [-0.4, -0.2) is 15.9 Å². The number of aromatic nitrogens is 1. The maximum Gasteiger partial charge on any atom is 0.238 e. The molecule has 1 aromatic rings. The molecule has 1 saturated carbocycles. The Morgan fingerprint density at radius 2 is 2.31 bits per heavy atom. The fraction of sp³-hybridized carbons (Fsp3) is 0.364. The number of pyridine rings is 1. The molecule has 0 saturated heterocycles. The molecule has 16 heavy (non-hydrogen) atoms. The highest BCUT2D eigenvalue weighted by Crippen LogP contribution is 2.46. The quantitative estimate of drug-likeness (QED) is 0.777. The van der Waals surface area contributed by atoms with Gasteiger partial charge in [0.2, 0.25) is 5.91 Å². The van der Waals surface area contributed by atoms with Gasteiger partial charge in [-0.25, -0.2) is 4.98 Å². The first-order chi connectivity index (χ1) is 7.56. The monoisotopic (exact) mass is 235 g/mol. The third-order valence-electron chi connectivity index (χ3n) is 2.90. The molecule has 0 unspecified atom stereocenters. The third kappa shape index (κ3) is 1.78. The Bertz CT molecular complexity index is 454. The predicted octanol–water partition coefficient (Wildman–Crippen LogP) is 1.39. The van der Waals surface area contributed by atoms with Gasteiger partial charge in [-0.1, -0.05) is 18.3 Å². The summed E-state index contributed by atoms with van der Waals surface area (Å²) in [5, 5.41) is 2.78. The number of nitrogens with one attached hydrogen (secondary N) is 1. The maximum atomic E-state index is 12.0. The van der Waals surface area contributed by atoms with Crippen LogP contribution in [0.1, 0.15) is 18.4 Å². The van der Waals surface area contributed by atoms with E-state index in [1.165, 1.54) is 0 Å². The summed E-state index contributed by atoms with van der Waals surface area (Å²) >= 11 is 4.92. The Hall–Kier alpha value is -1.49. The van der Waals surface area contributed by atoms with Crippen LogP contribution in [0.2, 0.25) is 0 Å². The van der Waals surface area contributed by atoms with E-state index < -0.39 is 5.41 Å². The largest absolute Gasteiger partial charge is 0.392 e. The molecule has 2 rings (SSSR count). The van der Waals surface area contributed by atoms with Crippen LogP contribution in [0.3, 0.4) is 0 Å². The molecular weight excluding hydrogens is 222 g/mol. The second kappa shape index (κ2) is 3.83. The number of aryl methyl sites for hydroxylation is 1. The average Bonchev–Trinajstić information content (AvgIpc) is 3.02. The third-order valence-corrected chi connectivity index (χ3v) is 3.29. The number of anilines is 1. The summed E-state index contributed by atoms with van der Waals surface area (Å²) < 4.78 is 0. The summed E-state index contributed by atoms with van der Waals surface area (Å²) in [4.78, 5) is 16.4. The van der Waals surface area contributed by atoms with Crippen LogP contribution in [0.4, 0.5) is 5.82 Å². The molecule has 0 spiro atoms. The highest BCUT2D eigenvalue weighted by atomic mass is 32.1. The second-order valence-electron chi connectivity index (χ2n) is 4.07. The topological polar surface area (TPSA) is 68.0 Å². The number of carbonyl (C=O) groups excluding carboxylic acids is 1. The number of amides is 1. The second-order valence-corrected chi connectivity index (χ2v) is 4.51. The smallest absolute Gasteiger partial charge is 0.238 e. The van der Waals surface area contributed by atoms with Crippen molar-refractivity contribution in [1.29, 1.82) is 0 Å². The van der Waals surface area contributed by atoms with Crippen LogP contribution in [-0.2, 0) is 4.79 Å². The molecule has 3 N–H and O–H groups in total. The molecule has 5 heteroatoms. The van der Waals surface area contributed by atoms with Gasteiger partial charge in [0, 0.05) is 6.20 Å². The van der Waals surface area contributed by atoms with E-state index in [4.69, 9.17) is 18.0 Å². The number of hydrogen-bond donors (Lipinski definition) is 2. The van der Waals surface area contributed by atoms with E-state index in [2.05, 4.69) is 10.3 Å². The maximum absolute atomic E-state index is 12.0. The van der Waals surface area contributed by atoms with Crippen molar-refractivity contribution in [3.63, 3.8) is 0 Å². The lowest BCUT2D eigenvalue weighted by Crippen LogP contribution is -2.35. The molecule has 0 bridgehead atoms. The zero-order valence-electron chi connectivity index (χ0n) is 8.99. The van der Waals surface area contributed by atoms with Crippen molar-refractivity contribution < 1.29 is 4.79 Å². The fourth-order valence-electron chi connectivity index (χ4n) is 1.55. The van der Waals surface area contributed by atoms with Gasteiger partial charge in [0.25, 0.3) is 0 Å². The lowest BCUT2D eigenvalue weighted by molar-refractivity contribution is -0.118. The van der Waals surface area contributed by atoms with Crippen molar-refractivity contribution in [3.05, 3.63) is 23.9 Å². The molecule has 1 heterocycles. The Morgan fingerprint density at radius 3 is 2.81 bits per heavy atom. The number of rotatable bonds is 3. The van der Waals surface area contributed by atoms with E-state index in [0.29, 0.717) is 5.82 Å². The highest BCUT2D eigenvalue weighted by molar-refractivity contribution is 7.80. The molecule has 0 atom stereocenters. The van der Waals surface area contributed by atoms with Gasteiger partial charge < -0.3 is 11.1 Å². The van der Waals surface area contributed by atoms with Gasteiger partial charge in [-0.15, -0.1) is 0 Å². The van der Waals surface area contributed by atoms with Crippen LogP contribution < -0.4 is 11.1 Å². The Labute approximate surface area is 99.2 Å². The summed E-state index contributed by atoms with van der Waals surface area (Å²) in [7, 11) is 0. The van der Waals surface area contributed by atoms with Crippen LogP contribution >= 0.6 is 12.2 Å². The minimum absolute atomic E-state index is 0.137. The van der Waals surface area contributed by atoms with E-state index in [9.17, 15) is 4.79 Å². The normalized spacial score (nSPS) is 16.6. The molecule has 1 aromatic heterocycles. The summed E-state index contributed by atoms with van der Waals surface area (Å²) in [6.45, 7) is 1.89. The standard InChI is InChI=1S/C11H13N3OS/c1-7-3-2-6-13-8(7)14-10(15)11(4-5-11)9(12)16/h2-3,6H,4-5H2,1H3,(H2,12,16)(H,13,14,15). The fourth-order valence-corrected chi connectivity index (χ4v) is 1.85. The van der Waals surface area contributed by atoms with Crippen molar-refractivity contribution in [2.24, 2.45) is 11.1 Å². The minimum atomic E-state index is -0.626. The van der Waals surface area contributed by atoms with Gasteiger partial charge in [-0.2, -0.15) is 0 Å². The van der Waals surface area contributed by atoms with Crippen LogP contribution in [0.15, 0.2) is 18.3 Å². The highest BCUT2D eigenvalue weighted by Gasteiger charge is 2.52. The average molecular weight is 235 g/mol. The van der Waals surface area contributed by atoms with Crippen LogP contribution in [0.25, 0.3) is 0 Å². The van der Waals surface area contributed by atoms with E-state index in [1.807, 2.05) is 19.1 Å². The molecule has 0 aliphatic heterocycles. The Balaban J connectivity index is 2.15. The van der Waals surface area contributed by atoms with Crippen molar-refractivity contribution in [3.8, 4) is 0 Å². The van der Waals surface area contributed by atoms with Crippen molar-refractivity contribution >= 4 is 28.9 Å². The van der Waals surface area contributed by atoms with Crippen LogP contribution in [0, 0.1) is 12.3 Å². The van der Waals surface area contributed by atoms with E-state index in [1.54, 1.807) is 6.20 Å². The van der Waals surface area contributed by atoms with Crippen molar-refractivity contribution in [2.45, 2.75) is 19.8 Å². The van der Waals surface area contributed by atoms with Gasteiger partial charge in [-0.3, -0.25) is 4.79 Å². The molecule has 1 aliphatic rings. The number of thiocarbonyl (C=S) groups is 1. The zero-order chi connectivity index (χ0) is 11.8. The number of carbonyl (C=O) groups is 1. The molecule has 4 nitrogen and oxygen atoms in total. The summed E-state index contributed by atoms with van der Waals surface area (Å²) in [5.41, 5.74) is 5.88. The molecule has 0 radical (unpaired) electrons. The van der Waals surface area contributed by atoms with Crippen molar-refractivity contribution in [1.82, 2.24) is 4.98 Å². The SMILES string of the molecule is Cc1cccnc1NC(=O)C1(C(N)=S)CC1. The molecular formula is C11H13N3OS. The molecule has 1 amide bonds. The number of nitrogens with zero attached hydrogens (tertiary/aromatic N) is 1. The first-order valence-corrected chi connectivity index (χ1v) is 5.50. The van der Waals surface area contributed by atoms with Gasteiger partial charge in [-0.05, 0) is 31.4 Å². The summed E-state index contributed by atoms with van der Waals surface area (Å²) in [6, 6.07) is 3.72. The summed E-state index contributed by atoms with van der Waals surface area (Å²) in [6.07, 6.45) is 3.11. The first-order valence-electron chi connectivity index (χ1n) is 5.09. The predicted molar refractivity (Wildman–Crippen MR) is 66.1 cm³/mol.